The van der Waals surface area contributed by atoms with Crippen LogP contribution >= 0.6 is 0 Å². The number of allylic oxidation sites excluding steroid dienone is 8. The molecular formula is C40H75NO3. The van der Waals surface area contributed by atoms with Crippen molar-refractivity contribution in [2.24, 2.45) is 5.73 Å². The number of rotatable bonds is 35. The van der Waals surface area contributed by atoms with Crippen molar-refractivity contribution in [1.82, 2.24) is 0 Å². The van der Waals surface area contributed by atoms with Crippen molar-refractivity contribution in [1.29, 1.82) is 0 Å². The van der Waals surface area contributed by atoms with Gasteiger partial charge >= 0.3 is 0 Å². The minimum atomic E-state index is -0.795. The lowest BCUT2D eigenvalue weighted by molar-refractivity contribution is -0.00366. The van der Waals surface area contributed by atoms with E-state index in [0.717, 1.165) is 25.7 Å². The van der Waals surface area contributed by atoms with Crippen molar-refractivity contribution < 1.29 is 14.6 Å². The van der Waals surface area contributed by atoms with Crippen LogP contribution in [-0.4, -0.2) is 43.7 Å². The lowest BCUT2D eigenvalue weighted by atomic mass is 10.1. The third-order valence-electron chi connectivity index (χ3n) is 8.07. The number of aliphatic hydroxyl groups is 1. The van der Waals surface area contributed by atoms with Crippen LogP contribution in [0.2, 0.25) is 0 Å². The Balaban J connectivity index is 3.49. The molecule has 0 saturated carbocycles. The molecule has 0 aromatic heterocycles. The summed E-state index contributed by atoms with van der Waals surface area (Å²) in [5.41, 5.74) is 5.53. The third-order valence-corrected chi connectivity index (χ3v) is 8.07. The van der Waals surface area contributed by atoms with E-state index >= 15 is 0 Å². The number of nitrogens with two attached hydrogens (primary N) is 1. The molecule has 4 heteroatoms. The van der Waals surface area contributed by atoms with Gasteiger partial charge < -0.3 is 20.3 Å². The summed E-state index contributed by atoms with van der Waals surface area (Å²) in [6, 6.07) is 0. The first kappa shape index (κ1) is 42.8. The molecule has 0 fully saturated rings. The highest BCUT2D eigenvalue weighted by atomic mass is 16.5. The Morgan fingerprint density at radius 3 is 1.11 bits per heavy atom. The molecule has 44 heavy (non-hydrogen) atoms. The Morgan fingerprint density at radius 2 is 0.773 bits per heavy atom. The molecule has 258 valence electrons. The molecule has 0 heterocycles. The second-order valence-electron chi connectivity index (χ2n) is 12.8. The summed E-state index contributed by atoms with van der Waals surface area (Å²) >= 11 is 0. The Morgan fingerprint density at radius 1 is 0.455 bits per heavy atom. The summed E-state index contributed by atoms with van der Waals surface area (Å²) in [7, 11) is 0. The predicted molar refractivity (Wildman–Crippen MR) is 194 cm³/mol. The number of aliphatic hydroxyl groups excluding tert-OH is 1. The van der Waals surface area contributed by atoms with Crippen molar-refractivity contribution in [3.05, 3.63) is 48.6 Å². The van der Waals surface area contributed by atoms with E-state index in [0.29, 0.717) is 26.4 Å². The lowest BCUT2D eigenvalue weighted by Gasteiger charge is -2.26. The fourth-order valence-corrected chi connectivity index (χ4v) is 5.07. The maximum Gasteiger partial charge on any atom is 0.0862 e. The summed E-state index contributed by atoms with van der Waals surface area (Å²) in [6.07, 6.45) is 48.3. The molecule has 0 rings (SSSR count). The van der Waals surface area contributed by atoms with E-state index in [1.165, 1.54) is 128 Å². The summed E-state index contributed by atoms with van der Waals surface area (Å²) < 4.78 is 11.6. The highest BCUT2D eigenvalue weighted by molar-refractivity contribution is 4.93. The van der Waals surface area contributed by atoms with Gasteiger partial charge in [0.2, 0.25) is 0 Å². The lowest BCUT2D eigenvalue weighted by Crippen LogP contribution is -2.52. The molecule has 0 bridgehead atoms. The van der Waals surface area contributed by atoms with Crippen LogP contribution in [0.5, 0.6) is 0 Å². The average molecular weight is 618 g/mol. The van der Waals surface area contributed by atoms with Crippen molar-refractivity contribution in [3.8, 4) is 0 Å². The topological polar surface area (TPSA) is 64.7 Å². The average Bonchev–Trinajstić information content (AvgIpc) is 3.03. The first-order valence-electron chi connectivity index (χ1n) is 18.8. The number of hydrogen-bond donors (Lipinski definition) is 2. The molecule has 0 aliphatic heterocycles. The maximum atomic E-state index is 9.77. The Labute approximate surface area is 275 Å². The third kappa shape index (κ3) is 33.7. The van der Waals surface area contributed by atoms with Gasteiger partial charge in [-0.3, -0.25) is 0 Å². The summed E-state index contributed by atoms with van der Waals surface area (Å²) in [6.45, 7) is 6.52. The molecule has 0 aromatic rings. The molecule has 0 aliphatic rings. The molecule has 0 aliphatic carbocycles. The van der Waals surface area contributed by atoms with Gasteiger partial charge in [-0.2, -0.15) is 0 Å². The minimum Gasteiger partial charge on any atom is -0.394 e. The van der Waals surface area contributed by atoms with Crippen LogP contribution in [-0.2, 0) is 9.47 Å². The fourth-order valence-electron chi connectivity index (χ4n) is 5.07. The Hall–Kier alpha value is -1.20. The quantitative estimate of drug-likeness (QED) is 0.0548. The normalized spacial score (nSPS) is 13.8. The zero-order chi connectivity index (χ0) is 32.1. The van der Waals surface area contributed by atoms with E-state index in [4.69, 9.17) is 15.2 Å². The molecule has 0 saturated heterocycles. The van der Waals surface area contributed by atoms with Gasteiger partial charge in [0.1, 0.15) is 0 Å². The van der Waals surface area contributed by atoms with Crippen molar-refractivity contribution in [2.75, 3.05) is 33.0 Å². The van der Waals surface area contributed by atoms with Gasteiger partial charge in [-0.15, -0.1) is 0 Å². The second-order valence-corrected chi connectivity index (χ2v) is 12.8. The number of hydrogen-bond acceptors (Lipinski definition) is 4. The van der Waals surface area contributed by atoms with Gasteiger partial charge in [0, 0.05) is 13.2 Å². The zero-order valence-corrected chi connectivity index (χ0v) is 29.5. The van der Waals surface area contributed by atoms with Crippen LogP contribution in [0.4, 0.5) is 0 Å². The van der Waals surface area contributed by atoms with E-state index in [9.17, 15) is 5.11 Å². The van der Waals surface area contributed by atoms with Gasteiger partial charge in [-0.05, 0) is 77.0 Å². The Bertz CT molecular complexity index is 618. The summed E-state index contributed by atoms with van der Waals surface area (Å²) in [4.78, 5) is 0. The van der Waals surface area contributed by atoms with Crippen LogP contribution in [0.1, 0.15) is 168 Å². The number of unbranched alkanes of at least 4 members (excludes halogenated alkanes) is 18. The van der Waals surface area contributed by atoms with Crippen molar-refractivity contribution in [2.45, 2.75) is 173 Å². The van der Waals surface area contributed by atoms with Gasteiger partial charge in [0.05, 0.1) is 25.4 Å². The summed E-state index contributed by atoms with van der Waals surface area (Å²) in [5.74, 6) is 0. The molecule has 3 N–H and O–H groups in total. The highest BCUT2D eigenvalue weighted by Crippen LogP contribution is 2.11. The molecule has 1 atom stereocenters. The van der Waals surface area contributed by atoms with Crippen molar-refractivity contribution in [3.63, 3.8) is 0 Å². The van der Waals surface area contributed by atoms with Gasteiger partial charge in [-0.25, -0.2) is 0 Å². The Kier molecular flexibility index (Phi) is 35.3. The minimum absolute atomic E-state index is 0.111. The number of ether oxygens (including phenoxy) is 2. The van der Waals surface area contributed by atoms with E-state index in [-0.39, 0.29) is 6.61 Å². The van der Waals surface area contributed by atoms with Crippen molar-refractivity contribution >= 4 is 0 Å². The van der Waals surface area contributed by atoms with Crippen LogP contribution in [0, 0.1) is 0 Å². The van der Waals surface area contributed by atoms with Gasteiger partial charge in [-0.1, -0.05) is 140 Å². The predicted octanol–water partition coefficient (Wildman–Crippen LogP) is 11.3. The van der Waals surface area contributed by atoms with E-state index in [2.05, 4.69) is 62.5 Å². The molecule has 0 aromatic carbocycles. The highest BCUT2D eigenvalue weighted by Gasteiger charge is 2.24. The molecular weight excluding hydrogens is 542 g/mol. The van der Waals surface area contributed by atoms with Crippen LogP contribution in [0.25, 0.3) is 0 Å². The standard InChI is InChI=1S/C40H75NO3/c1-3-5-7-9-11-13-15-17-19-21-23-25-27-29-31-33-35-43-38-40(41,37-42)39-44-36-34-32-30-28-26-24-22-20-18-16-14-12-10-8-6-4-2/h11-14,17-20,42H,3-10,15-16,21-39,41H2,1-2H3/b13-11-,14-12?,19-17-,20-18-. The SMILES string of the molecule is CCCCCC=CC/C=C\CCCCCCCCOCC(N)(CO)COCCCCCCCC/C=C\C/C=C\CCCCC. The smallest absolute Gasteiger partial charge is 0.0862 e. The molecule has 0 radical (unpaired) electrons. The molecule has 0 amide bonds. The van der Waals surface area contributed by atoms with Crippen LogP contribution in [0.15, 0.2) is 48.6 Å². The first-order chi connectivity index (χ1) is 21.7. The first-order valence-corrected chi connectivity index (χ1v) is 18.8. The van der Waals surface area contributed by atoms with Crippen LogP contribution in [0.3, 0.4) is 0 Å². The van der Waals surface area contributed by atoms with E-state index < -0.39 is 5.54 Å². The monoisotopic (exact) mass is 618 g/mol. The fraction of sp³-hybridized carbons (Fsp3) is 0.800. The molecule has 4 nitrogen and oxygen atoms in total. The molecule has 1 unspecified atom stereocenters. The van der Waals surface area contributed by atoms with Crippen LogP contribution < -0.4 is 5.73 Å². The van der Waals surface area contributed by atoms with Gasteiger partial charge in [0.25, 0.3) is 0 Å². The zero-order valence-electron chi connectivity index (χ0n) is 29.5. The largest absolute Gasteiger partial charge is 0.394 e. The second kappa shape index (κ2) is 36.3. The van der Waals surface area contributed by atoms with Gasteiger partial charge in [0.15, 0.2) is 0 Å². The maximum absolute atomic E-state index is 9.77. The molecule has 0 spiro atoms. The van der Waals surface area contributed by atoms with E-state index in [1.54, 1.807) is 0 Å². The summed E-state index contributed by atoms with van der Waals surface area (Å²) in [5, 5.41) is 9.77. The van der Waals surface area contributed by atoms with E-state index in [1.807, 2.05) is 0 Å².